The summed E-state index contributed by atoms with van der Waals surface area (Å²) in [5.41, 5.74) is 0.839. The Morgan fingerprint density at radius 2 is 1.67 bits per heavy atom. The fraction of sp³-hybridized carbons (Fsp3) is 0.381. The minimum absolute atomic E-state index is 0.0625. The molecule has 2 aromatic carbocycles. The number of fused-ring (bicyclic) bond motifs is 1. The van der Waals surface area contributed by atoms with Crippen LogP contribution < -0.4 is 10.1 Å². The first kappa shape index (κ1) is 15.4. The van der Waals surface area contributed by atoms with E-state index in [1.165, 1.54) is 19.3 Å². The van der Waals surface area contributed by atoms with E-state index in [4.69, 9.17) is 4.74 Å². The Kier molecular flexibility index (Phi) is 4.11. The number of carbonyl (C=O) groups is 1. The van der Waals surface area contributed by atoms with Crippen LogP contribution in [0.4, 0.5) is 0 Å². The molecule has 1 aliphatic heterocycles. The van der Waals surface area contributed by atoms with Crippen LogP contribution in [0.15, 0.2) is 54.6 Å². The highest BCUT2D eigenvalue weighted by Gasteiger charge is 2.49. The van der Waals surface area contributed by atoms with E-state index < -0.39 is 5.72 Å². The molecule has 1 fully saturated rings. The highest BCUT2D eigenvalue weighted by Crippen LogP contribution is 2.36. The van der Waals surface area contributed by atoms with E-state index in [0.29, 0.717) is 23.8 Å². The van der Waals surface area contributed by atoms with Crippen LogP contribution >= 0.6 is 0 Å². The first-order valence-corrected chi connectivity index (χ1v) is 8.91. The van der Waals surface area contributed by atoms with Crippen molar-refractivity contribution in [1.29, 1.82) is 0 Å². The van der Waals surface area contributed by atoms with Gasteiger partial charge in [0.1, 0.15) is 5.75 Å². The first-order chi connectivity index (χ1) is 11.8. The molecule has 1 saturated carbocycles. The van der Waals surface area contributed by atoms with Crippen molar-refractivity contribution < 1.29 is 9.53 Å². The van der Waals surface area contributed by atoms with Gasteiger partial charge in [-0.1, -0.05) is 61.7 Å². The van der Waals surface area contributed by atoms with E-state index >= 15 is 0 Å². The molecule has 0 saturated heterocycles. The molecule has 0 radical (unpaired) electrons. The van der Waals surface area contributed by atoms with Crippen molar-refractivity contribution in [2.75, 3.05) is 0 Å². The summed E-state index contributed by atoms with van der Waals surface area (Å²) in [4.78, 5) is 13.2. The Hall–Kier alpha value is -2.13. The number of ketones is 1. The summed E-state index contributed by atoms with van der Waals surface area (Å²) in [6, 6.07) is 18.1. The molecule has 24 heavy (non-hydrogen) atoms. The number of hydrogen-bond donors (Lipinski definition) is 1. The maximum absolute atomic E-state index is 13.2. The maximum atomic E-state index is 13.2. The third-order valence-electron chi connectivity index (χ3n) is 5.12. The second kappa shape index (κ2) is 6.40. The molecule has 1 unspecified atom stereocenters. The molecule has 0 bridgehead atoms. The number of ether oxygens (including phenoxy) is 1. The maximum Gasteiger partial charge on any atom is 0.229 e. The van der Waals surface area contributed by atoms with Crippen LogP contribution in [0.25, 0.3) is 0 Å². The van der Waals surface area contributed by atoms with Gasteiger partial charge in [-0.15, -0.1) is 0 Å². The van der Waals surface area contributed by atoms with Gasteiger partial charge in [0.2, 0.25) is 11.5 Å². The zero-order chi connectivity index (χ0) is 16.4. The van der Waals surface area contributed by atoms with E-state index in [1.54, 1.807) is 0 Å². The molecular weight excluding hydrogens is 298 g/mol. The van der Waals surface area contributed by atoms with Gasteiger partial charge in [0, 0.05) is 12.5 Å². The molecule has 2 aromatic rings. The number of rotatable bonds is 4. The first-order valence-electron chi connectivity index (χ1n) is 8.91. The summed E-state index contributed by atoms with van der Waals surface area (Å²) in [7, 11) is 0. The van der Waals surface area contributed by atoms with Gasteiger partial charge in [0.25, 0.3) is 0 Å². The lowest BCUT2D eigenvalue weighted by molar-refractivity contribution is 0.0308. The molecule has 1 aliphatic carbocycles. The van der Waals surface area contributed by atoms with Gasteiger partial charge in [0.15, 0.2) is 0 Å². The molecule has 2 aliphatic rings. The minimum atomic E-state index is -0.965. The average Bonchev–Trinajstić information content (AvgIpc) is 2.89. The van der Waals surface area contributed by atoms with Crippen molar-refractivity contribution in [3.05, 3.63) is 65.7 Å². The van der Waals surface area contributed by atoms with Crippen molar-refractivity contribution in [3.63, 3.8) is 0 Å². The fourth-order valence-electron chi connectivity index (χ4n) is 3.92. The van der Waals surface area contributed by atoms with Gasteiger partial charge < -0.3 is 4.74 Å². The normalized spacial score (nSPS) is 23.8. The number of nitrogens with one attached hydrogen (secondary N) is 1. The summed E-state index contributed by atoms with van der Waals surface area (Å²) in [6.45, 7) is 0. The Bertz CT molecular complexity index is 722. The Balaban J connectivity index is 1.66. The van der Waals surface area contributed by atoms with Crippen molar-refractivity contribution in [2.24, 2.45) is 0 Å². The summed E-state index contributed by atoms with van der Waals surface area (Å²) in [5.74, 6) is 0.759. The lowest BCUT2D eigenvalue weighted by Crippen LogP contribution is -2.59. The standard InChI is InChI=1S/C21H23NO2/c23-20-18-13-7-8-14-19(18)24-21(20,15-16-9-3-1-4-10-16)22-17-11-5-2-6-12-17/h1,3-4,7-10,13-14,17,22H,2,5-6,11-12,15H2. The fourth-order valence-corrected chi connectivity index (χ4v) is 3.92. The molecule has 4 rings (SSSR count). The molecule has 1 N–H and O–H groups in total. The van der Waals surface area contributed by atoms with Gasteiger partial charge in [-0.2, -0.15) is 0 Å². The number of para-hydroxylation sites is 1. The molecule has 0 amide bonds. The van der Waals surface area contributed by atoms with Crippen LogP contribution in [0, 0.1) is 0 Å². The lowest BCUT2D eigenvalue weighted by Gasteiger charge is -2.34. The van der Waals surface area contributed by atoms with Crippen LogP contribution in [0.2, 0.25) is 0 Å². The van der Waals surface area contributed by atoms with Crippen molar-refractivity contribution in [1.82, 2.24) is 5.32 Å². The second-order valence-corrected chi connectivity index (χ2v) is 6.90. The smallest absolute Gasteiger partial charge is 0.229 e. The van der Waals surface area contributed by atoms with E-state index in [2.05, 4.69) is 17.4 Å². The molecule has 1 atom stereocenters. The molecule has 3 heteroatoms. The average molecular weight is 321 g/mol. The Labute approximate surface area is 143 Å². The summed E-state index contributed by atoms with van der Waals surface area (Å²) >= 11 is 0. The quantitative estimate of drug-likeness (QED) is 0.920. The number of hydrogen-bond acceptors (Lipinski definition) is 3. The third kappa shape index (κ3) is 2.84. The SMILES string of the molecule is O=C1c2ccccc2OC1(Cc1ccccc1)NC1CCCCC1. The highest BCUT2D eigenvalue weighted by atomic mass is 16.5. The largest absolute Gasteiger partial charge is 0.464 e. The zero-order valence-corrected chi connectivity index (χ0v) is 13.8. The van der Waals surface area contributed by atoms with Crippen molar-refractivity contribution >= 4 is 5.78 Å². The monoisotopic (exact) mass is 321 g/mol. The topological polar surface area (TPSA) is 38.3 Å². The van der Waals surface area contributed by atoms with Gasteiger partial charge in [-0.05, 0) is 30.5 Å². The van der Waals surface area contributed by atoms with Gasteiger partial charge >= 0.3 is 0 Å². The van der Waals surface area contributed by atoms with E-state index in [0.717, 1.165) is 18.4 Å². The van der Waals surface area contributed by atoms with E-state index in [1.807, 2.05) is 42.5 Å². The molecule has 1 heterocycles. The molecule has 0 spiro atoms. The van der Waals surface area contributed by atoms with Crippen LogP contribution in [-0.4, -0.2) is 17.6 Å². The number of carbonyl (C=O) groups excluding carboxylic acids is 1. The van der Waals surface area contributed by atoms with E-state index in [9.17, 15) is 4.79 Å². The minimum Gasteiger partial charge on any atom is -0.464 e. The van der Waals surface area contributed by atoms with Crippen LogP contribution in [0.3, 0.4) is 0 Å². The Morgan fingerprint density at radius 1 is 0.958 bits per heavy atom. The second-order valence-electron chi connectivity index (χ2n) is 6.90. The number of benzene rings is 2. The molecule has 124 valence electrons. The molecule has 0 aromatic heterocycles. The molecular formula is C21H23NO2. The summed E-state index contributed by atoms with van der Waals surface area (Å²) in [5, 5.41) is 3.60. The Morgan fingerprint density at radius 3 is 2.42 bits per heavy atom. The van der Waals surface area contributed by atoms with Gasteiger partial charge in [-0.25, -0.2) is 0 Å². The van der Waals surface area contributed by atoms with Crippen molar-refractivity contribution in [2.45, 2.75) is 50.3 Å². The van der Waals surface area contributed by atoms with E-state index in [-0.39, 0.29) is 5.78 Å². The third-order valence-corrected chi connectivity index (χ3v) is 5.12. The predicted octanol–water partition coefficient (Wildman–Crippen LogP) is 4.12. The summed E-state index contributed by atoms with van der Waals surface area (Å²) in [6.07, 6.45) is 6.52. The van der Waals surface area contributed by atoms with Crippen LogP contribution in [0.5, 0.6) is 5.75 Å². The predicted molar refractivity (Wildman–Crippen MR) is 94.3 cm³/mol. The van der Waals surface area contributed by atoms with Crippen LogP contribution in [-0.2, 0) is 6.42 Å². The van der Waals surface area contributed by atoms with Crippen LogP contribution in [0.1, 0.15) is 48.0 Å². The number of Topliss-reactive ketones (excluding diaryl/α,β-unsaturated/α-hetero) is 1. The summed E-state index contributed by atoms with van der Waals surface area (Å²) < 4.78 is 6.25. The zero-order valence-electron chi connectivity index (χ0n) is 13.8. The highest BCUT2D eigenvalue weighted by molar-refractivity contribution is 6.07. The van der Waals surface area contributed by atoms with Gasteiger partial charge in [0.05, 0.1) is 5.56 Å². The molecule has 3 nitrogen and oxygen atoms in total. The van der Waals surface area contributed by atoms with Crippen molar-refractivity contribution in [3.8, 4) is 5.75 Å². The lowest BCUT2D eigenvalue weighted by atomic mass is 9.90. The van der Waals surface area contributed by atoms with Gasteiger partial charge in [-0.3, -0.25) is 10.1 Å².